The van der Waals surface area contributed by atoms with E-state index in [-0.39, 0.29) is 5.91 Å². The third-order valence-corrected chi connectivity index (χ3v) is 2.10. The second-order valence-electron chi connectivity index (χ2n) is 3.30. The number of nitriles is 1. The van der Waals surface area contributed by atoms with Crippen molar-refractivity contribution in [1.82, 2.24) is 5.32 Å². The van der Waals surface area contributed by atoms with E-state index in [1.54, 1.807) is 12.1 Å². The van der Waals surface area contributed by atoms with Crippen molar-refractivity contribution in [1.29, 1.82) is 5.26 Å². The molecule has 1 aromatic carbocycles. The second kappa shape index (κ2) is 5.58. The normalized spacial score (nSPS) is 8.56. The van der Waals surface area contributed by atoms with Gasteiger partial charge < -0.3 is 5.32 Å². The average Bonchev–Trinajstić information content (AvgIpc) is 2.26. The van der Waals surface area contributed by atoms with E-state index in [2.05, 4.69) is 23.2 Å². The Morgan fingerprint density at radius 2 is 2.12 bits per heavy atom. The van der Waals surface area contributed by atoms with Gasteiger partial charge in [-0.05, 0) is 24.6 Å². The molecule has 0 spiro atoms. The molecule has 0 saturated carbocycles. The Morgan fingerprint density at radius 3 is 2.75 bits per heavy atom. The van der Waals surface area contributed by atoms with Crippen molar-refractivity contribution in [2.24, 2.45) is 0 Å². The number of hydrogen-bond donors (Lipinski definition) is 1. The summed E-state index contributed by atoms with van der Waals surface area (Å²) in [4.78, 5) is 10.6. The number of nitrogens with zero attached hydrogens (tertiary/aromatic N) is 1. The average molecular weight is 212 g/mol. The molecule has 16 heavy (non-hydrogen) atoms. The van der Waals surface area contributed by atoms with Crippen LogP contribution in [0.15, 0.2) is 18.2 Å². The molecular formula is C13H12N2O. The van der Waals surface area contributed by atoms with E-state index in [1.807, 2.05) is 13.0 Å². The largest absolute Gasteiger partial charge is 0.345 e. The van der Waals surface area contributed by atoms with Crippen LogP contribution in [-0.2, 0) is 4.79 Å². The maximum Gasteiger partial charge on any atom is 0.217 e. The van der Waals surface area contributed by atoms with Crippen molar-refractivity contribution in [3.63, 3.8) is 0 Å². The fourth-order valence-electron chi connectivity index (χ4n) is 1.20. The molecule has 0 heterocycles. The van der Waals surface area contributed by atoms with Crippen LogP contribution < -0.4 is 5.32 Å². The summed E-state index contributed by atoms with van der Waals surface area (Å²) in [5.74, 6) is 5.66. The zero-order valence-corrected chi connectivity index (χ0v) is 9.29. The fraction of sp³-hybridized carbons (Fsp3) is 0.231. The molecular weight excluding hydrogens is 200 g/mol. The highest BCUT2D eigenvalue weighted by molar-refractivity contribution is 5.73. The third-order valence-electron chi connectivity index (χ3n) is 2.10. The Kier molecular flexibility index (Phi) is 4.12. The van der Waals surface area contributed by atoms with Crippen molar-refractivity contribution in [3.05, 3.63) is 34.9 Å². The Bertz CT molecular complexity index is 501. The van der Waals surface area contributed by atoms with Gasteiger partial charge in [0.15, 0.2) is 0 Å². The Morgan fingerprint density at radius 1 is 1.44 bits per heavy atom. The van der Waals surface area contributed by atoms with Crippen LogP contribution in [0.2, 0.25) is 0 Å². The van der Waals surface area contributed by atoms with Crippen LogP contribution >= 0.6 is 0 Å². The van der Waals surface area contributed by atoms with Crippen molar-refractivity contribution in [3.8, 4) is 17.9 Å². The first-order valence-corrected chi connectivity index (χ1v) is 4.88. The first kappa shape index (κ1) is 11.8. The lowest BCUT2D eigenvalue weighted by atomic mass is 10.0. The summed E-state index contributed by atoms with van der Waals surface area (Å²) in [6, 6.07) is 7.52. The fourth-order valence-corrected chi connectivity index (χ4v) is 1.20. The number of carbonyl (C=O) groups is 1. The Hall–Kier alpha value is -2.26. The summed E-state index contributed by atoms with van der Waals surface area (Å²) >= 11 is 0. The van der Waals surface area contributed by atoms with E-state index in [0.29, 0.717) is 12.1 Å². The molecule has 0 saturated heterocycles. The van der Waals surface area contributed by atoms with E-state index in [9.17, 15) is 4.79 Å². The second-order valence-corrected chi connectivity index (χ2v) is 3.30. The lowest BCUT2D eigenvalue weighted by molar-refractivity contribution is -0.118. The first-order chi connectivity index (χ1) is 7.65. The summed E-state index contributed by atoms with van der Waals surface area (Å²) in [6.45, 7) is 3.63. The van der Waals surface area contributed by atoms with Crippen LogP contribution in [0, 0.1) is 30.1 Å². The van der Waals surface area contributed by atoms with Gasteiger partial charge >= 0.3 is 0 Å². The molecule has 0 fully saturated rings. The van der Waals surface area contributed by atoms with Crippen LogP contribution in [0.3, 0.4) is 0 Å². The standard InChI is InChI=1S/C13H12N2O/c1-10-12(5-3-6-13(10)9-14)7-4-8-15-11(2)16/h3,5-6H,8H2,1-2H3,(H,15,16). The van der Waals surface area contributed by atoms with Gasteiger partial charge in [-0.2, -0.15) is 5.26 Å². The van der Waals surface area contributed by atoms with Crippen molar-refractivity contribution < 1.29 is 4.79 Å². The predicted octanol–water partition coefficient (Wildman–Crippen LogP) is 1.35. The Labute approximate surface area is 95.1 Å². The molecule has 0 unspecified atom stereocenters. The highest BCUT2D eigenvalue weighted by atomic mass is 16.1. The van der Waals surface area contributed by atoms with Gasteiger partial charge in [-0.25, -0.2) is 0 Å². The zero-order valence-electron chi connectivity index (χ0n) is 9.29. The van der Waals surface area contributed by atoms with Crippen molar-refractivity contribution in [2.45, 2.75) is 13.8 Å². The zero-order chi connectivity index (χ0) is 12.0. The maximum absolute atomic E-state index is 10.6. The quantitative estimate of drug-likeness (QED) is 0.714. The molecule has 1 amide bonds. The molecule has 0 atom stereocenters. The molecule has 0 aromatic heterocycles. The van der Waals surface area contributed by atoms with E-state index in [4.69, 9.17) is 5.26 Å². The molecule has 0 aliphatic carbocycles. The minimum absolute atomic E-state index is 0.100. The monoisotopic (exact) mass is 212 g/mol. The van der Waals surface area contributed by atoms with Gasteiger partial charge in [0.2, 0.25) is 5.91 Å². The molecule has 3 heteroatoms. The number of benzene rings is 1. The molecule has 0 aliphatic rings. The minimum atomic E-state index is -0.100. The van der Waals surface area contributed by atoms with Crippen LogP contribution in [0.25, 0.3) is 0 Å². The van der Waals surface area contributed by atoms with E-state index < -0.39 is 0 Å². The first-order valence-electron chi connectivity index (χ1n) is 4.88. The molecule has 0 bridgehead atoms. The Balaban J connectivity index is 2.82. The van der Waals surface area contributed by atoms with Gasteiger partial charge in [-0.3, -0.25) is 4.79 Å². The summed E-state index contributed by atoms with van der Waals surface area (Å²) < 4.78 is 0. The predicted molar refractivity (Wildman–Crippen MR) is 61.5 cm³/mol. The molecule has 1 aromatic rings. The number of amides is 1. The highest BCUT2D eigenvalue weighted by Crippen LogP contribution is 2.11. The van der Waals surface area contributed by atoms with E-state index in [0.717, 1.165) is 11.1 Å². The molecule has 1 N–H and O–H groups in total. The van der Waals surface area contributed by atoms with Gasteiger partial charge in [0.25, 0.3) is 0 Å². The number of rotatable bonds is 1. The molecule has 1 rings (SSSR count). The van der Waals surface area contributed by atoms with E-state index in [1.165, 1.54) is 6.92 Å². The van der Waals surface area contributed by atoms with Crippen LogP contribution in [-0.4, -0.2) is 12.5 Å². The van der Waals surface area contributed by atoms with Gasteiger partial charge in [0, 0.05) is 12.5 Å². The maximum atomic E-state index is 10.6. The summed E-state index contributed by atoms with van der Waals surface area (Å²) in [6.07, 6.45) is 0. The SMILES string of the molecule is CC(=O)NCC#Cc1cccc(C#N)c1C. The number of carbonyl (C=O) groups excluding carboxylic acids is 1. The smallest absolute Gasteiger partial charge is 0.217 e. The minimum Gasteiger partial charge on any atom is -0.345 e. The van der Waals surface area contributed by atoms with Crippen molar-refractivity contribution >= 4 is 5.91 Å². The lowest BCUT2D eigenvalue weighted by Crippen LogP contribution is -2.19. The highest BCUT2D eigenvalue weighted by Gasteiger charge is 1.99. The third kappa shape index (κ3) is 3.15. The summed E-state index contributed by atoms with van der Waals surface area (Å²) in [7, 11) is 0. The number of hydrogen-bond acceptors (Lipinski definition) is 2. The van der Waals surface area contributed by atoms with Gasteiger partial charge in [-0.15, -0.1) is 0 Å². The van der Waals surface area contributed by atoms with E-state index >= 15 is 0 Å². The summed E-state index contributed by atoms with van der Waals surface area (Å²) in [5.41, 5.74) is 2.33. The van der Waals surface area contributed by atoms with Crippen molar-refractivity contribution in [2.75, 3.05) is 6.54 Å². The molecule has 80 valence electrons. The molecule has 3 nitrogen and oxygen atoms in total. The van der Waals surface area contributed by atoms with Gasteiger partial charge in [-0.1, -0.05) is 17.9 Å². The molecule has 0 radical (unpaired) electrons. The van der Waals surface area contributed by atoms with Gasteiger partial charge in [0.1, 0.15) is 0 Å². The van der Waals surface area contributed by atoms with Crippen LogP contribution in [0.1, 0.15) is 23.6 Å². The van der Waals surface area contributed by atoms with Crippen LogP contribution in [0.4, 0.5) is 0 Å². The topological polar surface area (TPSA) is 52.9 Å². The van der Waals surface area contributed by atoms with Crippen LogP contribution in [0.5, 0.6) is 0 Å². The lowest BCUT2D eigenvalue weighted by Gasteiger charge is -1.99. The van der Waals surface area contributed by atoms with Gasteiger partial charge in [0.05, 0.1) is 18.2 Å². The molecule has 0 aliphatic heterocycles. The number of nitrogens with one attached hydrogen (secondary N) is 1. The summed E-state index contributed by atoms with van der Waals surface area (Å²) in [5, 5.41) is 11.4.